The maximum absolute atomic E-state index is 12.3. The molecule has 2 fully saturated rings. The molecule has 3 unspecified atom stereocenters. The molecule has 2 aliphatic carbocycles. The van der Waals surface area contributed by atoms with Crippen LogP contribution in [-0.4, -0.2) is 5.78 Å². The first-order valence-electron chi connectivity index (χ1n) is 6.49. The second-order valence-corrected chi connectivity index (χ2v) is 5.99. The molecule has 1 nitrogen and oxygen atoms in total. The predicted molar refractivity (Wildman–Crippen MR) is 69.1 cm³/mol. The van der Waals surface area contributed by atoms with Crippen molar-refractivity contribution in [2.45, 2.75) is 32.1 Å². The summed E-state index contributed by atoms with van der Waals surface area (Å²) in [6, 6.07) is 7.66. The Morgan fingerprint density at radius 1 is 1.18 bits per heavy atom. The summed E-state index contributed by atoms with van der Waals surface area (Å²) in [4.78, 5) is 12.3. The summed E-state index contributed by atoms with van der Waals surface area (Å²) in [6.45, 7) is 0. The summed E-state index contributed by atoms with van der Waals surface area (Å²) < 4.78 is 0. The number of ketones is 1. The van der Waals surface area contributed by atoms with Crippen LogP contribution in [0.5, 0.6) is 0 Å². The largest absolute Gasteiger partial charge is 0.299 e. The van der Waals surface area contributed by atoms with Gasteiger partial charge >= 0.3 is 0 Å². The molecule has 0 N–H and O–H groups in total. The van der Waals surface area contributed by atoms with E-state index in [0.717, 1.165) is 22.9 Å². The molecule has 1 aromatic rings. The zero-order chi connectivity index (χ0) is 11.8. The van der Waals surface area contributed by atoms with Crippen LogP contribution in [0.2, 0.25) is 5.02 Å². The summed E-state index contributed by atoms with van der Waals surface area (Å²) in [5.74, 6) is 2.34. The van der Waals surface area contributed by atoms with Crippen molar-refractivity contribution in [2.75, 3.05) is 0 Å². The number of rotatable bonds is 3. The lowest BCUT2D eigenvalue weighted by Crippen LogP contribution is -2.22. The number of hydrogen-bond acceptors (Lipinski definition) is 1. The van der Waals surface area contributed by atoms with Gasteiger partial charge in [-0.3, -0.25) is 4.79 Å². The third-order valence-electron chi connectivity index (χ3n) is 4.44. The van der Waals surface area contributed by atoms with E-state index in [2.05, 4.69) is 0 Å². The highest BCUT2D eigenvalue weighted by atomic mass is 35.5. The first-order valence-corrected chi connectivity index (χ1v) is 6.87. The van der Waals surface area contributed by atoms with Crippen LogP contribution in [0.4, 0.5) is 0 Å². The van der Waals surface area contributed by atoms with Crippen molar-refractivity contribution in [3.63, 3.8) is 0 Å². The van der Waals surface area contributed by atoms with Crippen molar-refractivity contribution in [3.05, 3.63) is 34.9 Å². The number of halogens is 1. The van der Waals surface area contributed by atoms with Gasteiger partial charge in [0.25, 0.3) is 0 Å². The van der Waals surface area contributed by atoms with Crippen LogP contribution in [0.3, 0.4) is 0 Å². The summed E-state index contributed by atoms with van der Waals surface area (Å²) in [5, 5.41) is 0.737. The third kappa shape index (κ3) is 2.26. The number of hydrogen-bond donors (Lipinski definition) is 0. The molecule has 1 aromatic carbocycles. The van der Waals surface area contributed by atoms with E-state index in [9.17, 15) is 4.79 Å². The Kier molecular flexibility index (Phi) is 2.96. The molecule has 90 valence electrons. The Labute approximate surface area is 107 Å². The lowest BCUT2D eigenvalue weighted by molar-refractivity contribution is -0.123. The SMILES string of the molecule is O=C(Cc1ccc(Cl)cc1)C1CC2CCC1C2. The lowest BCUT2D eigenvalue weighted by atomic mass is 9.84. The third-order valence-corrected chi connectivity index (χ3v) is 4.70. The molecular weight excluding hydrogens is 232 g/mol. The Bertz CT molecular complexity index is 423. The molecule has 3 rings (SSSR count). The van der Waals surface area contributed by atoms with E-state index < -0.39 is 0 Å². The van der Waals surface area contributed by atoms with E-state index >= 15 is 0 Å². The fraction of sp³-hybridized carbons (Fsp3) is 0.533. The van der Waals surface area contributed by atoms with Crippen LogP contribution in [0.25, 0.3) is 0 Å². The standard InChI is InChI=1S/C15H17ClO/c16-13-5-2-10(3-6-13)9-15(17)14-8-11-1-4-12(14)7-11/h2-3,5-6,11-12,14H,1,4,7-9H2. The molecule has 2 bridgehead atoms. The Balaban J connectivity index is 1.65. The topological polar surface area (TPSA) is 17.1 Å². The van der Waals surface area contributed by atoms with Gasteiger partial charge in [0.15, 0.2) is 0 Å². The zero-order valence-corrected chi connectivity index (χ0v) is 10.6. The molecule has 17 heavy (non-hydrogen) atoms. The minimum absolute atomic E-state index is 0.351. The normalized spacial score (nSPS) is 30.8. The number of benzene rings is 1. The van der Waals surface area contributed by atoms with Gasteiger partial charge in [-0.05, 0) is 48.8 Å². The minimum Gasteiger partial charge on any atom is -0.299 e. The van der Waals surface area contributed by atoms with Gasteiger partial charge < -0.3 is 0 Å². The van der Waals surface area contributed by atoms with Crippen LogP contribution in [0.15, 0.2) is 24.3 Å². The van der Waals surface area contributed by atoms with Gasteiger partial charge in [-0.1, -0.05) is 30.2 Å². The molecular formula is C15H17ClO. The highest BCUT2D eigenvalue weighted by Crippen LogP contribution is 2.48. The van der Waals surface area contributed by atoms with Crippen LogP contribution in [0, 0.1) is 17.8 Å². The van der Waals surface area contributed by atoms with Gasteiger partial charge in [0.1, 0.15) is 5.78 Å². The summed E-state index contributed by atoms with van der Waals surface area (Å²) >= 11 is 5.84. The monoisotopic (exact) mass is 248 g/mol. The average molecular weight is 249 g/mol. The number of carbonyl (C=O) groups excluding carboxylic acids is 1. The van der Waals surface area contributed by atoms with Gasteiger partial charge in [0, 0.05) is 17.4 Å². The van der Waals surface area contributed by atoms with E-state index in [1.54, 1.807) is 0 Å². The van der Waals surface area contributed by atoms with Crippen LogP contribution < -0.4 is 0 Å². The van der Waals surface area contributed by atoms with Crippen molar-refractivity contribution >= 4 is 17.4 Å². The molecule has 0 spiro atoms. The summed E-state index contributed by atoms with van der Waals surface area (Å²) in [5.41, 5.74) is 1.10. The second kappa shape index (κ2) is 4.45. The number of carbonyl (C=O) groups is 1. The van der Waals surface area contributed by atoms with E-state index in [4.69, 9.17) is 11.6 Å². The quantitative estimate of drug-likeness (QED) is 0.793. The fourth-order valence-corrected chi connectivity index (χ4v) is 3.70. The van der Waals surface area contributed by atoms with E-state index in [1.807, 2.05) is 24.3 Å². The molecule has 0 radical (unpaired) electrons. The lowest BCUT2D eigenvalue weighted by Gasteiger charge is -2.20. The molecule has 2 aliphatic rings. The average Bonchev–Trinajstić information content (AvgIpc) is 2.94. The van der Waals surface area contributed by atoms with Crippen molar-refractivity contribution < 1.29 is 4.79 Å². The molecule has 0 saturated heterocycles. The Hall–Kier alpha value is -0.820. The van der Waals surface area contributed by atoms with Gasteiger partial charge in [-0.25, -0.2) is 0 Å². The molecule has 2 saturated carbocycles. The highest BCUT2D eigenvalue weighted by Gasteiger charge is 2.42. The van der Waals surface area contributed by atoms with Gasteiger partial charge in [-0.15, -0.1) is 0 Å². The van der Waals surface area contributed by atoms with Gasteiger partial charge in [-0.2, -0.15) is 0 Å². The van der Waals surface area contributed by atoms with Crippen LogP contribution in [-0.2, 0) is 11.2 Å². The molecule has 3 atom stereocenters. The molecule has 0 heterocycles. The van der Waals surface area contributed by atoms with Crippen molar-refractivity contribution in [1.82, 2.24) is 0 Å². The molecule has 0 amide bonds. The maximum Gasteiger partial charge on any atom is 0.140 e. The fourth-order valence-electron chi connectivity index (χ4n) is 3.57. The smallest absolute Gasteiger partial charge is 0.140 e. The van der Waals surface area contributed by atoms with Crippen molar-refractivity contribution in [1.29, 1.82) is 0 Å². The van der Waals surface area contributed by atoms with Crippen LogP contribution >= 0.6 is 11.6 Å². The van der Waals surface area contributed by atoms with Crippen molar-refractivity contribution in [3.8, 4) is 0 Å². The van der Waals surface area contributed by atoms with E-state index in [0.29, 0.717) is 24.0 Å². The first-order chi connectivity index (χ1) is 8.22. The van der Waals surface area contributed by atoms with Crippen LogP contribution in [0.1, 0.15) is 31.2 Å². The zero-order valence-electron chi connectivity index (χ0n) is 9.86. The van der Waals surface area contributed by atoms with E-state index in [-0.39, 0.29) is 0 Å². The van der Waals surface area contributed by atoms with Gasteiger partial charge in [0.05, 0.1) is 0 Å². The second-order valence-electron chi connectivity index (χ2n) is 5.55. The van der Waals surface area contributed by atoms with Crippen molar-refractivity contribution in [2.24, 2.45) is 17.8 Å². The molecule has 0 aromatic heterocycles. The predicted octanol–water partition coefficient (Wildman–Crippen LogP) is 3.89. The maximum atomic E-state index is 12.3. The summed E-state index contributed by atoms with van der Waals surface area (Å²) in [6.07, 6.45) is 5.68. The minimum atomic E-state index is 0.351. The first kappa shape index (κ1) is 11.3. The van der Waals surface area contributed by atoms with E-state index in [1.165, 1.54) is 19.3 Å². The molecule has 2 heteroatoms. The number of fused-ring (bicyclic) bond motifs is 2. The Morgan fingerprint density at radius 2 is 1.94 bits per heavy atom. The Morgan fingerprint density at radius 3 is 2.53 bits per heavy atom. The number of Topliss-reactive ketones (excluding diaryl/α,β-unsaturated/α-hetero) is 1. The van der Waals surface area contributed by atoms with Gasteiger partial charge in [0.2, 0.25) is 0 Å². The summed E-state index contributed by atoms with van der Waals surface area (Å²) in [7, 11) is 0. The highest BCUT2D eigenvalue weighted by molar-refractivity contribution is 6.30. The molecule has 0 aliphatic heterocycles.